The molecule has 184 valence electrons. The smallest absolute Gasteiger partial charge is 0.304 e. The molecule has 0 spiro atoms. The van der Waals surface area contributed by atoms with Gasteiger partial charge in [-0.3, -0.25) is 4.79 Å². The van der Waals surface area contributed by atoms with Crippen molar-refractivity contribution < 1.29 is 23.1 Å². The Morgan fingerprint density at radius 3 is 2.44 bits per heavy atom. The molecule has 0 saturated carbocycles. The third kappa shape index (κ3) is 5.04. The van der Waals surface area contributed by atoms with Crippen LogP contribution in [0.4, 0.5) is 5.69 Å². The largest absolute Gasteiger partial charge is 0.468 e. The van der Waals surface area contributed by atoms with Gasteiger partial charge >= 0.3 is 10.2 Å². The number of pyridine rings is 1. The summed E-state index contributed by atoms with van der Waals surface area (Å²) in [5.74, 6) is 0.250. The van der Waals surface area contributed by atoms with Crippen LogP contribution >= 0.6 is 23.2 Å². The lowest BCUT2D eigenvalue weighted by Crippen LogP contribution is -2.54. The summed E-state index contributed by atoms with van der Waals surface area (Å²) in [5, 5.41) is 10.2. The van der Waals surface area contributed by atoms with E-state index in [0.717, 1.165) is 6.42 Å². The summed E-state index contributed by atoms with van der Waals surface area (Å²) in [7, 11) is -3.91. The first-order valence-electron chi connectivity index (χ1n) is 11.1. The third-order valence-corrected chi connectivity index (χ3v) is 8.54. The molecule has 0 amide bonds. The van der Waals surface area contributed by atoms with E-state index in [4.69, 9.17) is 27.9 Å². The number of benzene rings is 1. The second-order valence-electron chi connectivity index (χ2n) is 9.09. The number of aromatic nitrogens is 1. The predicted octanol–water partition coefficient (Wildman–Crippen LogP) is 3.60. The van der Waals surface area contributed by atoms with Crippen LogP contribution in [0.2, 0.25) is 10.0 Å². The predicted molar refractivity (Wildman–Crippen MR) is 131 cm³/mol. The number of ketones is 1. The minimum absolute atomic E-state index is 0.0550. The number of halogens is 2. The quantitative estimate of drug-likeness (QED) is 0.576. The van der Waals surface area contributed by atoms with Crippen LogP contribution in [0, 0.1) is 11.8 Å². The van der Waals surface area contributed by atoms with Gasteiger partial charge in [0.15, 0.2) is 5.78 Å². The third-order valence-electron chi connectivity index (χ3n) is 6.06. The molecule has 11 heteroatoms. The van der Waals surface area contributed by atoms with Crippen molar-refractivity contribution in [3.05, 3.63) is 51.6 Å². The van der Waals surface area contributed by atoms with Crippen molar-refractivity contribution >= 4 is 44.9 Å². The number of aliphatic hydroxyl groups excluding tert-OH is 1. The highest BCUT2D eigenvalue weighted by Crippen LogP contribution is 2.37. The van der Waals surface area contributed by atoms with Crippen molar-refractivity contribution in [3.8, 4) is 5.88 Å². The van der Waals surface area contributed by atoms with Crippen molar-refractivity contribution in [1.82, 2.24) is 9.29 Å². The lowest BCUT2D eigenvalue weighted by Gasteiger charge is -2.40. The van der Waals surface area contributed by atoms with Crippen LogP contribution in [-0.4, -0.2) is 60.9 Å². The lowest BCUT2D eigenvalue weighted by atomic mass is 9.94. The van der Waals surface area contributed by atoms with Crippen molar-refractivity contribution in [2.24, 2.45) is 11.8 Å². The SMILES string of the molecule is C[C@@H]1C[C@H](C)CN(S(=O)(=O)N2C[C@H](CO)Oc3ncc(CC(=O)c4c(Cl)cccc4Cl)cc32)C1. The zero-order chi connectivity index (χ0) is 24.6. The van der Waals surface area contributed by atoms with E-state index in [2.05, 4.69) is 4.98 Å². The minimum atomic E-state index is -3.91. The van der Waals surface area contributed by atoms with Gasteiger partial charge in [0.1, 0.15) is 11.8 Å². The minimum Gasteiger partial charge on any atom is -0.468 e. The standard InChI is InChI=1S/C23H27Cl2N3O5S/c1-14-6-15(2)11-27(10-14)34(31,32)28-12-17(13-29)33-23-20(28)7-16(9-26-23)8-21(30)22-18(24)4-3-5-19(22)25/h3-5,7,9,14-15,17,29H,6,8,10-13H2,1-2H3/t14-,15+,17-/m1/s1. The number of hydrogen-bond donors (Lipinski definition) is 1. The van der Waals surface area contributed by atoms with Crippen molar-refractivity contribution in [2.75, 3.05) is 30.5 Å². The van der Waals surface area contributed by atoms with Gasteiger partial charge in [0.25, 0.3) is 0 Å². The van der Waals surface area contributed by atoms with Crippen LogP contribution in [0.5, 0.6) is 5.88 Å². The molecule has 1 saturated heterocycles. The number of aliphatic hydroxyl groups is 1. The van der Waals surface area contributed by atoms with Crippen molar-refractivity contribution in [3.63, 3.8) is 0 Å². The van der Waals surface area contributed by atoms with Gasteiger partial charge in [-0.05, 0) is 42.0 Å². The highest BCUT2D eigenvalue weighted by molar-refractivity contribution is 7.90. The molecule has 0 aliphatic carbocycles. The Morgan fingerprint density at radius 1 is 1.18 bits per heavy atom. The van der Waals surface area contributed by atoms with E-state index in [9.17, 15) is 18.3 Å². The first kappa shape index (κ1) is 25.2. The maximum absolute atomic E-state index is 13.7. The fourth-order valence-electron chi connectivity index (χ4n) is 4.61. The second-order valence-corrected chi connectivity index (χ2v) is 11.8. The monoisotopic (exact) mass is 527 g/mol. The zero-order valence-corrected chi connectivity index (χ0v) is 21.3. The summed E-state index contributed by atoms with van der Waals surface area (Å²) in [6, 6.07) is 6.42. The maximum Gasteiger partial charge on any atom is 0.304 e. The van der Waals surface area contributed by atoms with Crippen LogP contribution in [-0.2, 0) is 16.6 Å². The van der Waals surface area contributed by atoms with E-state index in [0.29, 0.717) is 18.7 Å². The first-order chi connectivity index (χ1) is 16.1. The molecule has 34 heavy (non-hydrogen) atoms. The molecule has 2 aromatic rings. The lowest BCUT2D eigenvalue weighted by molar-refractivity contribution is 0.0992. The summed E-state index contributed by atoms with van der Waals surface area (Å²) in [6.45, 7) is 4.49. The van der Waals surface area contributed by atoms with Gasteiger partial charge in [-0.1, -0.05) is 43.1 Å². The molecule has 1 fully saturated rings. The Kier molecular flexibility index (Phi) is 7.40. The number of piperidine rings is 1. The van der Waals surface area contributed by atoms with Gasteiger partial charge in [-0.2, -0.15) is 12.7 Å². The maximum atomic E-state index is 13.7. The Balaban J connectivity index is 1.68. The fraction of sp³-hybridized carbons (Fsp3) is 0.478. The Bertz CT molecular complexity index is 1160. The number of ether oxygens (including phenoxy) is 1. The Morgan fingerprint density at radius 2 is 1.82 bits per heavy atom. The van der Waals surface area contributed by atoms with Crippen LogP contribution in [0.15, 0.2) is 30.5 Å². The van der Waals surface area contributed by atoms with Gasteiger partial charge in [0.2, 0.25) is 5.88 Å². The van der Waals surface area contributed by atoms with E-state index >= 15 is 0 Å². The summed E-state index contributed by atoms with van der Waals surface area (Å²) in [5.41, 5.74) is 0.943. The second kappa shape index (κ2) is 9.99. The molecule has 3 atom stereocenters. The average Bonchev–Trinajstić information content (AvgIpc) is 2.77. The first-order valence-corrected chi connectivity index (χ1v) is 13.3. The molecule has 0 bridgehead atoms. The number of carbonyl (C=O) groups is 1. The van der Waals surface area contributed by atoms with Gasteiger partial charge in [0, 0.05) is 25.7 Å². The van der Waals surface area contributed by atoms with Gasteiger partial charge in [-0.15, -0.1) is 0 Å². The Labute approximate surface area is 209 Å². The summed E-state index contributed by atoms with van der Waals surface area (Å²) < 4.78 is 35.8. The average molecular weight is 528 g/mol. The number of rotatable bonds is 6. The molecule has 8 nitrogen and oxygen atoms in total. The topological polar surface area (TPSA) is 100 Å². The number of fused-ring (bicyclic) bond motifs is 1. The number of carbonyl (C=O) groups excluding carboxylic acids is 1. The van der Waals surface area contributed by atoms with Crippen molar-refractivity contribution in [2.45, 2.75) is 32.8 Å². The van der Waals surface area contributed by atoms with Crippen LogP contribution < -0.4 is 9.04 Å². The highest BCUT2D eigenvalue weighted by Gasteiger charge is 2.40. The van der Waals surface area contributed by atoms with Crippen LogP contribution in [0.1, 0.15) is 36.2 Å². The van der Waals surface area contributed by atoms with E-state index in [1.807, 2.05) is 13.8 Å². The molecule has 0 unspecified atom stereocenters. The molecule has 4 rings (SSSR count). The zero-order valence-electron chi connectivity index (χ0n) is 18.9. The van der Waals surface area contributed by atoms with E-state index in [1.54, 1.807) is 24.3 Å². The molecule has 1 N–H and O–H groups in total. The number of hydrogen-bond acceptors (Lipinski definition) is 6. The van der Waals surface area contributed by atoms with E-state index < -0.39 is 16.3 Å². The summed E-state index contributed by atoms with van der Waals surface area (Å²) >= 11 is 12.3. The normalized spacial score (nSPS) is 23.3. The molecular weight excluding hydrogens is 501 g/mol. The molecule has 1 aromatic carbocycles. The summed E-state index contributed by atoms with van der Waals surface area (Å²) in [6.07, 6.45) is 1.60. The molecule has 3 heterocycles. The molecule has 1 aromatic heterocycles. The molecule has 2 aliphatic heterocycles. The van der Waals surface area contributed by atoms with E-state index in [1.165, 1.54) is 14.8 Å². The van der Waals surface area contributed by atoms with Gasteiger partial charge in [0.05, 0.1) is 28.8 Å². The van der Waals surface area contributed by atoms with Crippen molar-refractivity contribution in [1.29, 1.82) is 0 Å². The molecule has 2 aliphatic rings. The number of nitrogens with zero attached hydrogens (tertiary/aromatic N) is 3. The molecular formula is C23H27Cl2N3O5S. The van der Waals surface area contributed by atoms with Gasteiger partial charge in [-0.25, -0.2) is 9.29 Å². The number of Topliss-reactive ketones (excluding diaryl/α,β-unsaturated/α-hetero) is 1. The van der Waals surface area contributed by atoms with Gasteiger partial charge < -0.3 is 9.84 Å². The van der Waals surface area contributed by atoms with Crippen LogP contribution in [0.3, 0.4) is 0 Å². The van der Waals surface area contributed by atoms with Crippen LogP contribution in [0.25, 0.3) is 0 Å². The Hall–Kier alpha value is -1.91. The van der Waals surface area contributed by atoms with E-state index in [-0.39, 0.29) is 64.4 Å². The fourth-order valence-corrected chi connectivity index (χ4v) is 7.12. The highest BCUT2D eigenvalue weighted by atomic mass is 35.5. The molecule has 0 radical (unpaired) electrons. The number of anilines is 1. The summed E-state index contributed by atoms with van der Waals surface area (Å²) in [4.78, 5) is 17.2.